The molecule has 0 spiro atoms. The van der Waals surface area contributed by atoms with E-state index in [0.717, 1.165) is 0 Å². The van der Waals surface area contributed by atoms with E-state index in [1.165, 1.54) is 12.1 Å². The molecule has 0 fully saturated rings. The lowest BCUT2D eigenvalue weighted by molar-refractivity contribution is 0.479. The first kappa shape index (κ1) is 17.2. The highest BCUT2D eigenvalue weighted by Crippen LogP contribution is 2.29. The molecule has 2 aromatic carbocycles. The molecule has 5 heteroatoms. The molecular weight excluding hydrogens is 281 g/mol. The molecule has 5 N–H and O–H groups in total. The third kappa shape index (κ3) is 6.09. The third-order valence-corrected chi connectivity index (χ3v) is 2.48. The summed E-state index contributed by atoms with van der Waals surface area (Å²) in [7, 11) is 0. The summed E-state index contributed by atoms with van der Waals surface area (Å²) in [5.74, 6) is 0.447. The first-order chi connectivity index (χ1) is 10.4. The molecule has 0 radical (unpaired) electrons. The highest BCUT2D eigenvalue weighted by atomic mass is 19.1. The molecule has 0 amide bonds. The monoisotopic (exact) mass is 301 g/mol. The number of nitrogens with two attached hydrogens (primary N) is 2. The van der Waals surface area contributed by atoms with Gasteiger partial charge in [-0.3, -0.25) is 0 Å². The summed E-state index contributed by atoms with van der Waals surface area (Å²) in [6.45, 7) is 3.65. The Bertz CT molecular complexity index is 669. The number of benzene rings is 2. The van der Waals surface area contributed by atoms with Gasteiger partial charge in [0.2, 0.25) is 0 Å². The normalized spacial score (nSPS) is 9.95. The van der Waals surface area contributed by atoms with Gasteiger partial charge in [0.25, 0.3) is 0 Å². The largest absolute Gasteiger partial charge is 0.455 e. The summed E-state index contributed by atoms with van der Waals surface area (Å²) >= 11 is 0. The van der Waals surface area contributed by atoms with Crippen molar-refractivity contribution in [3.8, 4) is 11.5 Å². The van der Waals surface area contributed by atoms with E-state index in [2.05, 4.69) is 0 Å². The number of anilines is 2. The fourth-order valence-corrected chi connectivity index (χ4v) is 1.55. The van der Waals surface area contributed by atoms with Crippen molar-refractivity contribution in [2.75, 3.05) is 11.5 Å². The zero-order valence-electron chi connectivity index (χ0n) is 12.6. The van der Waals surface area contributed by atoms with Crippen LogP contribution in [0.3, 0.4) is 0 Å². The number of nitrogens with one attached hydrogen (secondary N) is 1. The van der Waals surface area contributed by atoms with Gasteiger partial charge in [-0.1, -0.05) is 12.1 Å². The van der Waals surface area contributed by atoms with Gasteiger partial charge < -0.3 is 21.6 Å². The Morgan fingerprint density at radius 3 is 2.45 bits per heavy atom. The van der Waals surface area contributed by atoms with Gasteiger partial charge in [-0.05, 0) is 44.2 Å². The van der Waals surface area contributed by atoms with Gasteiger partial charge in [-0.15, -0.1) is 0 Å². The van der Waals surface area contributed by atoms with Crippen molar-refractivity contribution in [2.24, 2.45) is 0 Å². The number of hydrogen-bond donors (Lipinski definition) is 3. The zero-order chi connectivity index (χ0) is 16.5. The van der Waals surface area contributed by atoms with Crippen molar-refractivity contribution in [2.45, 2.75) is 13.8 Å². The molecule has 0 aliphatic heterocycles. The molecule has 0 heterocycles. The molecule has 0 aliphatic rings. The Morgan fingerprint density at radius 2 is 1.91 bits per heavy atom. The van der Waals surface area contributed by atoms with Crippen LogP contribution in [0, 0.1) is 11.2 Å². The average Bonchev–Trinajstić information content (AvgIpc) is 2.43. The van der Waals surface area contributed by atoms with Gasteiger partial charge in [-0.2, -0.15) is 0 Å². The highest BCUT2D eigenvalue weighted by molar-refractivity contribution is 5.89. The predicted molar refractivity (Wildman–Crippen MR) is 90.0 cm³/mol. The molecule has 22 heavy (non-hydrogen) atoms. The predicted octanol–water partition coefficient (Wildman–Crippen LogP) is 4.38. The molecule has 116 valence electrons. The number of allylic oxidation sites excluding steroid dienone is 2. The van der Waals surface area contributed by atoms with Crippen molar-refractivity contribution >= 4 is 17.1 Å². The smallest absolute Gasteiger partial charge is 0.152 e. The molecule has 0 unspecified atom stereocenters. The Balaban J connectivity index is 0.000000346. The van der Waals surface area contributed by atoms with Crippen LogP contribution in [0.1, 0.15) is 13.8 Å². The van der Waals surface area contributed by atoms with Gasteiger partial charge in [-0.25, -0.2) is 4.39 Å². The van der Waals surface area contributed by atoms with Gasteiger partial charge in [0.05, 0.1) is 5.69 Å². The minimum Gasteiger partial charge on any atom is -0.455 e. The molecule has 2 aromatic rings. The fraction of sp³-hybridized carbons (Fsp3) is 0.118. The zero-order valence-corrected chi connectivity index (χ0v) is 12.6. The SMILES string of the molecule is C/C=C/C(C)=N.Nc1ccc(N)c(Oc2cccc(F)c2)c1. The molecule has 0 saturated heterocycles. The average molecular weight is 301 g/mol. The number of ether oxygens (including phenoxy) is 1. The quantitative estimate of drug-likeness (QED) is 0.580. The summed E-state index contributed by atoms with van der Waals surface area (Å²) in [6, 6.07) is 10.7. The van der Waals surface area contributed by atoms with E-state index in [4.69, 9.17) is 21.6 Å². The van der Waals surface area contributed by atoms with E-state index < -0.39 is 0 Å². The Labute approximate surface area is 129 Å². The molecule has 0 bridgehead atoms. The van der Waals surface area contributed by atoms with Crippen LogP contribution >= 0.6 is 0 Å². The molecule has 0 aliphatic carbocycles. The van der Waals surface area contributed by atoms with Crippen LogP contribution in [-0.2, 0) is 0 Å². The highest BCUT2D eigenvalue weighted by Gasteiger charge is 2.03. The summed E-state index contributed by atoms with van der Waals surface area (Å²) < 4.78 is 18.3. The maximum absolute atomic E-state index is 12.9. The standard InChI is InChI=1S/C12H11FN2O.C5H9N/c13-8-2-1-3-10(6-8)16-12-7-9(14)4-5-11(12)15;1-3-4-5(2)6/h1-7H,14-15H2;3-4,6H,1-2H3/b;4-3+,6-5?. The second-order valence-corrected chi connectivity index (χ2v) is 4.54. The lowest BCUT2D eigenvalue weighted by atomic mass is 10.2. The topological polar surface area (TPSA) is 85.1 Å². The molecule has 2 rings (SSSR count). The van der Waals surface area contributed by atoms with E-state index >= 15 is 0 Å². The second-order valence-electron chi connectivity index (χ2n) is 4.54. The van der Waals surface area contributed by atoms with Crippen LogP contribution in [0.5, 0.6) is 11.5 Å². The van der Waals surface area contributed by atoms with Crippen molar-refractivity contribution < 1.29 is 9.13 Å². The van der Waals surface area contributed by atoms with E-state index in [-0.39, 0.29) is 5.82 Å². The third-order valence-electron chi connectivity index (χ3n) is 2.48. The van der Waals surface area contributed by atoms with E-state index in [0.29, 0.717) is 28.6 Å². The summed E-state index contributed by atoms with van der Waals surface area (Å²) in [4.78, 5) is 0. The minimum absolute atomic E-state index is 0.361. The molecule has 0 aromatic heterocycles. The lowest BCUT2D eigenvalue weighted by Crippen LogP contribution is -1.94. The van der Waals surface area contributed by atoms with E-state index in [1.807, 2.05) is 13.0 Å². The van der Waals surface area contributed by atoms with Crippen molar-refractivity contribution in [3.05, 3.63) is 60.4 Å². The summed E-state index contributed by atoms with van der Waals surface area (Å²) in [6.07, 6.45) is 3.60. The van der Waals surface area contributed by atoms with Crippen LogP contribution < -0.4 is 16.2 Å². The Hall–Kier alpha value is -2.82. The molecule has 4 nitrogen and oxygen atoms in total. The number of rotatable bonds is 3. The van der Waals surface area contributed by atoms with Crippen molar-refractivity contribution in [3.63, 3.8) is 0 Å². The van der Waals surface area contributed by atoms with Crippen molar-refractivity contribution in [1.82, 2.24) is 0 Å². The van der Waals surface area contributed by atoms with Gasteiger partial charge in [0.15, 0.2) is 5.75 Å². The van der Waals surface area contributed by atoms with Crippen LogP contribution in [0.2, 0.25) is 0 Å². The minimum atomic E-state index is -0.361. The molecule has 0 atom stereocenters. The number of nitrogen functional groups attached to an aromatic ring is 2. The van der Waals surface area contributed by atoms with E-state index in [9.17, 15) is 4.39 Å². The fourth-order valence-electron chi connectivity index (χ4n) is 1.55. The molecular formula is C17H20FN3O. The summed E-state index contributed by atoms with van der Waals surface area (Å²) in [5.41, 5.74) is 12.9. The Morgan fingerprint density at radius 1 is 1.18 bits per heavy atom. The lowest BCUT2D eigenvalue weighted by Gasteiger charge is -2.08. The van der Waals surface area contributed by atoms with E-state index in [1.54, 1.807) is 43.3 Å². The first-order valence-electron chi connectivity index (χ1n) is 6.68. The first-order valence-corrected chi connectivity index (χ1v) is 6.68. The van der Waals surface area contributed by atoms with Crippen LogP contribution in [0.25, 0.3) is 0 Å². The van der Waals surface area contributed by atoms with Gasteiger partial charge >= 0.3 is 0 Å². The van der Waals surface area contributed by atoms with Gasteiger partial charge in [0.1, 0.15) is 11.6 Å². The maximum Gasteiger partial charge on any atom is 0.152 e. The van der Waals surface area contributed by atoms with Crippen LogP contribution in [0.15, 0.2) is 54.6 Å². The van der Waals surface area contributed by atoms with Gasteiger partial charge in [0, 0.05) is 23.5 Å². The second kappa shape index (κ2) is 8.46. The maximum atomic E-state index is 12.9. The van der Waals surface area contributed by atoms with Crippen molar-refractivity contribution in [1.29, 1.82) is 5.41 Å². The van der Waals surface area contributed by atoms with Crippen LogP contribution in [-0.4, -0.2) is 5.71 Å². The summed E-state index contributed by atoms with van der Waals surface area (Å²) in [5, 5.41) is 6.81. The number of hydrogen-bond acceptors (Lipinski definition) is 4. The number of halogens is 1. The molecule has 0 saturated carbocycles. The Kier molecular flexibility index (Phi) is 6.63. The van der Waals surface area contributed by atoms with Crippen LogP contribution in [0.4, 0.5) is 15.8 Å².